The largest absolute Gasteiger partial charge is 0.395 e. The van der Waals surface area contributed by atoms with Gasteiger partial charge in [-0.2, -0.15) is 0 Å². The smallest absolute Gasteiger partial charge is 0.165 e. The van der Waals surface area contributed by atoms with E-state index < -0.39 is 6.04 Å². The quantitative estimate of drug-likeness (QED) is 0.659. The van der Waals surface area contributed by atoms with E-state index in [0.29, 0.717) is 24.1 Å². The maximum Gasteiger partial charge on any atom is 0.165 e. The number of fused-ring (bicyclic) bond motifs is 1. The first-order valence-corrected chi connectivity index (χ1v) is 11.7. The molecular formula is C20H26N2O3S2. The summed E-state index contributed by atoms with van der Waals surface area (Å²) in [5, 5.41) is 15.3. The number of aliphatic hydroxyl groups excluding tert-OH is 1. The van der Waals surface area contributed by atoms with Crippen molar-refractivity contribution in [2.45, 2.75) is 48.3 Å². The SMILES string of the molecule is O=C(C[C@@H]1CCc2ccccc2C1)C1SCN[C@@H]1C(=O)C1SCN[C@@H]1CO. The van der Waals surface area contributed by atoms with E-state index in [4.69, 9.17) is 0 Å². The topological polar surface area (TPSA) is 78.4 Å². The zero-order valence-electron chi connectivity index (χ0n) is 15.2. The third kappa shape index (κ3) is 4.12. The Hall–Kier alpha value is -0.860. The molecule has 0 spiro atoms. The van der Waals surface area contributed by atoms with Gasteiger partial charge in [0.15, 0.2) is 5.78 Å². The van der Waals surface area contributed by atoms with Crippen LogP contribution < -0.4 is 10.6 Å². The molecule has 2 fully saturated rings. The van der Waals surface area contributed by atoms with Crippen molar-refractivity contribution in [1.82, 2.24) is 10.6 Å². The highest BCUT2D eigenvalue weighted by molar-refractivity contribution is 8.01. The van der Waals surface area contributed by atoms with Crippen LogP contribution in [0, 0.1) is 5.92 Å². The maximum absolute atomic E-state index is 13.0. The number of ketones is 2. The summed E-state index contributed by atoms with van der Waals surface area (Å²) < 4.78 is 0. The lowest BCUT2D eigenvalue weighted by Gasteiger charge is -2.26. The highest BCUT2D eigenvalue weighted by Gasteiger charge is 2.44. The molecule has 1 aromatic rings. The number of aryl methyl sites for hydroxylation is 1. The molecule has 0 bridgehead atoms. The van der Waals surface area contributed by atoms with Crippen LogP contribution in [-0.2, 0) is 22.4 Å². The van der Waals surface area contributed by atoms with Crippen molar-refractivity contribution in [3.05, 3.63) is 35.4 Å². The van der Waals surface area contributed by atoms with Crippen LogP contribution in [0.25, 0.3) is 0 Å². The van der Waals surface area contributed by atoms with Crippen molar-refractivity contribution < 1.29 is 14.7 Å². The van der Waals surface area contributed by atoms with E-state index in [0.717, 1.165) is 19.3 Å². The average Bonchev–Trinajstić information content (AvgIpc) is 3.36. The van der Waals surface area contributed by atoms with Crippen molar-refractivity contribution >= 4 is 35.1 Å². The second-order valence-electron chi connectivity index (χ2n) is 7.59. The molecule has 2 heterocycles. The minimum atomic E-state index is -0.426. The molecule has 4 rings (SSSR count). The Kier molecular flexibility index (Phi) is 6.24. The third-order valence-corrected chi connectivity index (χ3v) is 8.36. The number of thioether (sulfide) groups is 2. The molecule has 0 radical (unpaired) electrons. The summed E-state index contributed by atoms with van der Waals surface area (Å²) in [6, 6.07) is 7.87. The van der Waals surface area contributed by atoms with Gasteiger partial charge in [0.2, 0.25) is 0 Å². The van der Waals surface area contributed by atoms with Crippen LogP contribution in [0.5, 0.6) is 0 Å². The Morgan fingerprint density at radius 1 is 1.07 bits per heavy atom. The minimum Gasteiger partial charge on any atom is -0.395 e. The van der Waals surface area contributed by atoms with Crippen molar-refractivity contribution in [3.63, 3.8) is 0 Å². The molecule has 0 saturated carbocycles. The van der Waals surface area contributed by atoms with E-state index in [1.807, 2.05) is 0 Å². The summed E-state index contributed by atoms with van der Waals surface area (Å²) in [5.74, 6) is 1.93. The Labute approximate surface area is 168 Å². The van der Waals surface area contributed by atoms with Gasteiger partial charge in [-0.1, -0.05) is 24.3 Å². The molecule has 3 N–H and O–H groups in total. The molecule has 1 aromatic carbocycles. The first kappa shape index (κ1) is 19.5. The first-order valence-electron chi connectivity index (χ1n) is 9.61. The number of carbonyl (C=O) groups is 2. The van der Waals surface area contributed by atoms with Gasteiger partial charge in [-0.3, -0.25) is 14.9 Å². The number of Topliss-reactive ketones (excluding diaryl/α,β-unsaturated/α-hetero) is 2. The summed E-state index contributed by atoms with van der Waals surface area (Å²) >= 11 is 3.09. The fourth-order valence-electron chi connectivity index (χ4n) is 4.39. The zero-order valence-corrected chi connectivity index (χ0v) is 16.9. The van der Waals surface area contributed by atoms with Crippen molar-refractivity contribution in [2.75, 3.05) is 18.4 Å². The van der Waals surface area contributed by atoms with Gasteiger partial charge in [0, 0.05) is 24.2 Å². The summed E-state index contributed by atoms with van der Waals surface area (Å²) in [6.07, 6.45) is 3.59. The third-order valence-electron chi connectivity index (χ3n) is 5.88. The number of aliphatic hydroxyl groups is 1. The fraction of sp³-hybridized carbons (Fsp3) is 0.600. The highest BCUT2D eigenvalue weighted by Crippen LogP contribution is 2.33. The summed E-state index contributed by atoms with van der Waals surface area (Å²) in [7, 11) is 0. The molecule has 5 atom stereocenters. The van der Waals surface area contributed by atoms with Crippen LogP contribution in [-0.4, -0.2) is 57.6 Å². The number of carbonyl (C=O) groups excluding carboxylic acids is 2. The van der Waals surface area contributed by atoms with E-state index in [1.165, 1.54) is 22.9 Å². The molecule has 2 aliphatic heterocycles. The van der Waals surface area contributed by atoms with E-state index >= 15 is 0 Å². The standard InChI is InChI=1S/C20H26N2O3S2/c23-9-15-19(26-10-21-15)18(25)17-20(27-11-22-17)16(24)8-12-5-6-13-3-1-2-4-14(13)7-12/h1-4,12,15,17,19-23H,5-11H2/t12-,15-,17-,19?,20?/m1/s1. The molecule has 1 aliphatic carbocycles. The number of rotatable bonds is 6. The second kappa shape index (κ2) is 8.66. The normalized spacial score (nSPS) is 33.0. The molecule has 0 amide bonds. The monoisotopic (exact) mass is 406 g/mol. The predicted octanol–water partition coefficient (Wildman–Crippen LogP) is 1.37. The Morgan fingerprint density at radius 3 is 2.63 bits per heavy atom. The maximum atomic E-state index is 13.0. The van der Waals surface area contributed by atoms with Crippen LogP contribution in [0.3, 0.4) is 0 Å². The van der Waals surface area contributed by atoms with Gasteiger partial charge in [-0.25, -0.2) is 0 Å². The lowest BCUT2D eigenvalue weighted by Crippen LogP contribution is -2.50. The average molecular weight is 407 g/mol. The van der Waals surface area contributed by atoms with Crippen molar-refractivity contribution in [3.8, 4) is 0 Å². The highest BCUT2D eigenvalue weighted by atomic mass is 32.2. The Morgan fingerprint density at radius 2 is 1.81 bits per heavy atom. The Bertz CT molecular complexity index is 714. The van der Waals surface area contributed by atoms with Gasteiger partial charge in [-0.05, 0) is 36.3 Å². The van der Waals surface area contributed by atoms with Crippen molar-refractivity contribution in [1.29, 1.82) is 0 Å². The van der Waals surface area contributed by atoms with E-state index in [9.17, 15) is 14.7 Å². The number of hydrogen-bond acceptors (Lipinski definition) is 7. The van der Waals surface area contributed by atoms with Gasteiger partial charge >= 0.3 is 0 Å². The van der Waals surface area contributed by atoms with Crippen LogP contribution in [0.2, 0.25) is 0 Å². The molecular weight excluding hydrogens is 380 g/mol. The van der Waals surface area contributed by atoms with Crippen molar-refractivity contribution in [2.24, 2.45) is 5.92 Å². The van der Waals surface area contributed by atoms with Crippen LogP contribution in [0.1, 0.15) is 24.0 Å². The van der Waals surface area contributed by atoms with Gasteiger partial charge in [0.05, 0.1) is 23.1 Å². The number of hydrogen-bond donors (Lipinski definition) is 3. The summed E-state index contributed by atoms with van der Waals surface area (Å²) in [6.45, 7) is -0.0522. The number of nitrogens with one attached hydrogen (secondary N) is 2. The van der Waals surface area contributed by atoms with Crippen LogP contribution in [0.15, 0.2) is 24.3 Å². The van der Waals surface area contributed by atoms with Crippen LogP contribution >= 0.6 is 23.5 Å². The summed E-state index contributed by atoms with van der Waals surface area (Å²) in [5.41, 5.74) is 2.78. The molecule has 5 nitrogen and oxygen atoms in total. The molecule has 146 valence electrons. The molecule has 2 unspecified atom stereocenters. The second-order valence-corrected chi connectivity index (χ2v) is 9.85. The molecule has 2 saturated heterocycles. The van der Waals surface area contributed by atoms with E-state index in [-0.39, 0.29) is 34.7 Å². The van der Waals surface area contributed by atoms with Gasteiger partial charge in [-0.15, -0.1) is 23.5 Å². The van der Waals surface area contributed by atoms with Gasteiger partial charge in [0.25, 0.3) is 0 Å². The zero-order chi connectivity index (χ0) is 18.8. The van der Waals surface area contributed by atoms with Crippen LogP contribution in [0.4, 0.5) is 0 Å². The van der Waals surface area contributed by atoms with E-state index in [1.54, 1.807) is 11.8 Å². The van der Waals surface area contributed by atoms with E-state index in [2.05, 4.69) is 34.9 Å². The molecule has 27 heavy (non-hydrogen) atoms. The lowest BCUT2D eigenvalue weighted by molar-refractivity contribution is -0.125. The molecule has 0 aromatic heterocycles. The Balaban J connectivity index is 1.39. The lowest BCUT2D eigenvalue weighted by atomic mass is 9.80. The minimum absolute atomic E-state index is 0.0522. The molecule has 7 heteroatoms. The van der Waals surface area contributed by atoms with Gasteiger partial charge in [0.1, 0.15) is 5.78 Å². The number of benzene rings is 1. The first-order chi connectivity index (χ1) is 13.2. The predicted molar refractivity (Wildman–Crippen MR) is 110 cm³/mol. The summed E-state index contributed by atoms with van der Waals surface area (Å²) in [4.78, 5) is 26.0. The fourth-order valence-corrected chi connectivity index (χ4v) is 6.77. The van der Waals surface area contributed by atoms with Gasteiger partial charge < -0.3 is 10.4 Å². The molecule has 3 aliphatic rings.